The van der Waals surface area contributed by atoms with Crippen molar-refractivity contribution in [2.24, 2.45) is 11.3 Å². The van der Waals surface area contributed by atoms with Gasteiger partial charge in [-0.3, -0.25) is 4.79 Å². The van der Waals surface area contributed by atoms with E-state index in [4.69, 9.17) is 4.74 Å². The fraction of sp³-hybridized carbons (Fsp3) is 0.917. The van der Waals surface area contributed by atoms with Crippen molar-refractivity contribution in [2.45, 2.75) is 39.0 Å². The van der Waals surface area contributed by atoms with Crippen molar-refractivity contribution >= 4 is 18.4 Å². The quantitative estimate of drug-likeness (QED) is 0.777. The van der Waals surface area contributed by atoms with Crippen LogP contribution in [0, 0.1) is 11.3 Å². The number of halogens is 1. The van der Waals surface area contributed by atoms with E-state index in [-0.39, 0.29) is 23.8 Å². The minimum absolute atomic E-state index is 0. The van der Waals surface area contributed by atoms with Gasteiger partial charge in [0.25, 0.3) is 0 Å². The van der Waals surface area contributed by atoms with Crippen molar-refractivity contribution in [1.29, 1.82) is 0 Å². The third-order valence-electron chi connectivity index (χ3n) is 4.01. The standard InChI is InChI=1S/C12H21NO2.ClH/c1-2-15-11(14)12(7-8-13-9-12)10-5-3-4-6-10;/h10,13H,2-9H2,1H3;1H. The molecule has 1 aliphatic heterocycles. The average molecular weight is 248 g/mol. The van der Waals surface area contributed by atoms with Crippen LogP contribution in [-0.4, -0.2) is 25.7 Å². The maximum absolute atomic E-state index is 12.1. The Labute approximate surface area is 104 Å². The van der Waals surface area contributed by atoms with E-state index in [1.807, 2.05) is 6.92 Å². The lowest BCUT2D eigenvalue weighted by Crippen LogP contribution is -2.41. The van der Waals surface area contributed by atoms with Crippen molar-refractivity contribution in [2.75, 3.05) is 19.7 Å². The Morgan fingerprint density at radius 1 is 1.44 bits per heavy atom. The fourth-order valence-electron chi connectivity index (χ4n) is 3.15. The second kappa shape index (κ2) is 5.87. The van der Waals surface area contributed by atoms with E-state index in [2.05, 4.69) is 5.32 Å². The van der Waals surface area contributed by atoms with E-state index in [0.717, 1.165) is 19.5 Å². The minimum Gasteiger partial charge on any atom is -0.466 e. The highest BCUT2D eigenvalue weighted by Crippen LogP contribution is 2.44. The largest absolute Gasteiger partial charge is 0.466 e. The maximum atomic E-state index is 12.1. The molecule has 2 fully saturated rings. The summed E-state index contributed by atoms with van der Waals surface area (Å²) in [5, 5.41) is 3.33. The lowest BCUT2D eigenvalue weighted by molar-refractivity contribution is -0.157. The van der Waals surface area contributed by atoms with Gasteiger partial charge in [-0.05, 0) is 38.6 Å². The molecule has 0 amide bonds. The van der Waals surface area contributed by atoms with E-state index in [0.29, 0.717) is 12.5 Å². The minimum atomic E-state index is -0.188. The van der Waals surface area contributed by atoms with Crippen LogP contribution in [0.4, 0.5) is 0 Å². The number of hydrogen-bond donors (Lipinski definition) is 1. The Morgan fingerprint density at radius 2 is 2.12 bits per heavy atom. The highest BCUT2D eigenvalue weighted by atomic mass is 35.5. The van der Waals surface area contributed by atoms with Gasteiger partial charge in [-0.15, -0.1) is 12.4 Å². The molecule has 2 aliphatic rings. The van der Waals surface area contributed by atoms with Crippen molar-refractivity contribution < 1.29 is 9.53 Å². The van der Waals surface area contributed by atoms with E-state index in [1.54, 1.807) is 0 Å². The molecule has 1 atom stereocenters. The second-order valence-electron chi connectivity index (χ2n) is 4.78. The van der Waals surface area contributed by atoms with Crippen molar-refractivity contribution in [1.82, 2.24) is 5.32 Å². The van der Waals surface area contributed by atoms with Crippen LogP contribution in [0.5, 0.6) is 0 Å². The molecule has 16 heavy (non-hydrogen) atoms. The molecule has 1 saturated carbocycles. The summed E-state index contributed by atoms with van der Waals surface area (Å²) < 4.78 is 5.26. The molecule has 0 aromatic rings. The summed E-state index contributed by atoms with van der Waals surface area (Å²) in [6, 6.07) is 0. The van der Waals surface area contributed by atoms with Crippen LogP contribution in [0.1, 0.15) is 39.0 Å². The first-order valence-corrected chi connectivity index (χ1v) is 6.17. The molecule has 0 aromatic heterocycles. The Kier molecular flexibility index (Phi) is 5.06. The molecule has 1 saturated heterocycles. The zero-order valence-corrected chi connectivity index (χ0v) is 10.8. The van der Waals surface area contributed by atoms with Gasteiger partial charge in [0.2, 0.25) is 0 Å². The molecule has 0 radical (unpaired) electrons. The van der Waals surface area contributed by atoms with E-state index in [1.165, 1.54) is 25.7 Å². The highest BCUT2D eigenvalue weighted by molar-refractivity contribution is 5.85. The van der Waals surface area contributed by atoms with Crippen molar-refractivity contribution in [3.05, 3.63) is 0 Å². The normalized spacial score (nSPS) is 30.1. The summed E-state index contributed by atoms with van der Waals surface area (Å²) in [6.45, 7) is 4.20. The number of nitrogens with one attached hydrogen (secondary N) is 1. The lowest BCUT2D eigenvalue weighted by atomic mass is 9.73. The molecule has 1 aliphatic carbocycles. The Bertz CT molecular complexity index is 233. The van der Waals surface area contributed by atoms with E-state index >= 15 is 0 Å². The van der Waals surface area contributed by atoms with Gasteiger partial charge in [-0.25, -0.2) is 0 Å². The third kappa shape index (κ3) is 2.35. The number of ether oxygens (including phenoxy) is 1. The molecule has 1 unspecified atom stereocenters. The van der Waals surface area contributed by atoms with Crippen molar-refractivity contribution in [3.63, 3.8) is 0 Å². The predicted molar refractivity (Wildman–Crippen MR) is 65.8 cm³/mol. The van der Waals surface area contributed by atoms with Gasteiger partial charge in [0.1, 0.15) is 0 Å². The molecule has 0 bridgehead atoms. The second-order valence-corrected chi connectivity index (χ2v) is 4.78. The lowest BCUT2D eigenvalue weighted by Gasteiger charge is -2.31. The van der Waals surface area contributed by atoms with Crippen LogP contribution in [0.25, 0.3) is 0 Å². The summed E-state index contributed by atoms with van der Waals surface area (Å²) in [5.74, 6) is 0.605. The van der Waals surface area contributed by atoms with E-state index < -0.39 is 0 Å². The monoisotopic (exact) mass is 247 g/mol. The SMILES string of the molecule is CCOC(=O)C1(C2CCCC2)CCNC1.Cl. The fourth-order valence-corrected chi connectivity index (χ4v) is 3.15. The molecule has 0 aromatic carbocycles. The molecule has 1 N–H and O–H groups in total. The van der Waals surface area contributed by atoms with Gasteiger partial charge >= 0.3 is 5.97 Å². The zero-order chi connectivity index (χ0) is 10.7. The number of carbonyl (C=O) groups excluding carboxylic acids is 1. The number of carbonyl (C=O) groups is 1. The predicted octanol–water partition coefficient (Wildman–Crippen LogP) is 2.14. The Hall–Kier alpha value is -0.280. The van der Waals surface area contributed by atoms with Crippen LogP contribution < -0.4 is 5.32 Å². The highest BCUT2D eigenvalue weighted by Gasteiger charge is 2.49. The first-order chi connectivity index (χ1) is 7.29. The first-order valence-electron chi connectivity index (χ1n) is 6.17. The van der Waals surface area contributed by atoms with Gasteiger partial charge in [0.15, 0.2) is 0 Å². The van der Waals surface area contributed by atoms with Crippen LogP contribution in [-0.2, 0) is 9.53 Å². The smallest absolute Gasteiger partial charge is 0.313 e. The van der Waals surface area contributed by atoms with Gasteiger partial charge in [0.05, 0.1) is 12.0 Å². The maximum Gasteiger partial charge on any atom is 0.313 e. The van der Waals surface area contributed by atoms with Crippen molar-refractivity contribution in [3.8, 4) is 0 Å². The molecule has 4 heteroatoms. The number of esters is 1. The average Bonchev–Trinajstić information content (AvgIpc) is 2.90. The van der Waals surface area contributed by atoms with Crippen LogP contribution >= 0.6 is 12.4 Å². The first kappa shape index (κ1) is 13.8. The molecule has 94 valence electrons. The van der Waals surface area contributed by atoms with Gasteiger partial charge in [-0.1, -0.05) is 12.8 Å². The van der Waals surface area contributed by atoms with Gasteiger partial charge < -0.3 is 10.1 Å². The Balaban J connectivity index is 0.00000128. The molecule has 1 heterocycles. The van der Waals surface area contributed by atoms with E-state index in [9.17, 15) is 4.79 Å². The topological polar surface area (TPSA) is 38.3 Å². The third-order valence-corrected chi connectivity index (χ3v) is 4.01. The van der Waals surface area contributed by atoms with Crippen LogP contribution in [0.15, 0.2) is 0 Å². The number of hydrogen-bond acceptors (Lipinski definition) is 3. The molecular formula is C12H22ClNO2. The Morgan fingerprint density at radius 3 is 2.62 bits per heavy atom. The summed E-state index contributed by atoms with van der Waals surface area (Å²) in [4.78, 5) is 12.1. The molecule has 0 spiro atoms. The molecule has 2 rings (SSSR count). The summed E-state index contributed by atoms with van der Waals surface area (Å²) in [7, 11) is 0. The molecular weight excluding hydrogens is 226 g/mol. The number of rotatable bonds is 3. The summed E-state index contributed by atoms with van der Waals surface area (Å²) in [6.07, 6.45) is 5.95. The molecule has 3 nitrogen and oxygen atoms in total. The summed E-state index contributed by atoms with van der Waals surface area (Å²) >= 11 is 0. The van der Waals surface area contributed by atoms with Crippen LogP contribution in [0.2, 0.25) is 0 Å². The van der Waals surface area contributed by atoms with Gasteiger partial charge in [0, 0.05) is 6.54 Å². The van der Waals surface area contributed by atoms with Gasteiger partial charge in [-0.2, -0.15) is 0 Å². The zero-order valence-electron chi connectivity index (χ0n) is 9.96. The summed E-state index contributed by atoms with van der Waals surface area (Å²) in [5.41, 5.74) is -0.188. The van der Waals surface area contributed by atoms with Crippen LogP contribution in [0.3, 0.4) is 0 Å².